The molecule has 0 aliphatic carbocycles. The van der Waals surface area contributed by atoms with Crippen LogP contribution in [0.2, 0.25) is 18.6 Å². The second-order valence-corrected chi connectivity index (χ2v) is 21.5. The lowest BCUT2D eigenvalue weighted by Gasteiger charge is -2.37. The number of aliphatic hydroxyl groups is 1. The second-order valence-electron chi connectivity index (χ2n) is 16.8. The Morgan fingerprint density at radius 3 is 2.08 bits per heavy atom. The summed E-state index contributed by atoms with van der Waals surface area (Å²) < 4.78 is 12.9. The number of nitrogens with zero attached hydrogens (tertiary/aromatic N) is 4. The Labute approximate surface area is 358 Å². The summed E-state index contributed by atoms with van der Waals surface area (Å²) in [6.45, 7) is 7.26. The molecule has 61 heavy (non-hydrogen) atoms. The fourth-order valence-electron chi connectivity index (χ4n) is 10.2. The summed E-state index contributed by atoms with van der Waals surface area (Å²) in [4.78, 5) is 62.0. The number of aliphatic hydroxyl groups excluding tert-OH is 1. The molecule has 4 amide bonds. The topological polar surface area (TPSA) is 120 Å². The number of ether oxygens (including phenoxy) is 2. The number of carbonyl (C=O) groups is 4. The normalized spacial score (nSPS) is 22.0. The molecule has 0 unspecified atom stereocenters. The summed E-state index contributed by atoms with van der Waals surface area (Å²) in [5, 5.41) is 11.3. The van der Waals surface area contributed by atoms with Gasteiger partial charge in [-0.3, -0.25) is 29.0 Å². The van der Waals surface area contributed by atoms with Gasteiger partial charge in [0.25, 0.3) is 5.91 Å². The van der Waals surface area contributed by atoms with Crippen molar-refractivity contribution in [2.75, 3.05) is 35.0 Å². The van der Waals surface area contributed by atoms with E-state index >= 15 is 4.79 Å². The maximum Gasteiger partial charge on any atom is 0.264 e. The Morgan fingerprint density at radius 2 is 1.48 bits per heavy atom. The van der Waals surface area contributed by atoms with Crippen LogP contribution in [0.3, 0.4) is 0 Å². The molecule has 1 spiro atoms. The third-order valence-corrected chi connectivity index (χ3v) is 17.6. The second kappa shape index (κ2) is 17.1. The Morgan fingerprint density at radius 1 is 0.852 bits per heavy atom. The van der Waals surface area contributed by atoms with Gasteiger partial charge in [-0.25, -0.2) is 0 Å². The van der Waals surface area contributed by atoms with Gasteiger partial charge in [-0.15, -0.1) is 0 Å². The van der Waals surface area contributed by atoms with Crippen molar-refractivity contribution in [2.45, 2.75) is 69.1 Å². The Kier molecular flexibility index (Phi) is 11.7. The summed E-state index contributed by atoms with van der Waals surface area (Å²) in [6.07, 6.45) is 2.51. The highest BCUT2D eigenvalue weighted by atomic mass is 28.3. The van der Waals surface area contributed by atoms with Crippen LogP contribution in [-0.2, 0) is 36.1 Å². The Balaban J connectivity index is 1.25. The minimum absolute atomic E-state index is 0.0513. The van der Waals surface area contributed by atoms with Crippen LogP contribution in [-0.4, -0.2) is 75.1 Å². The molecular formula is C49H52N4O7Si. The average molecular weight is 837 g/mol. The van der Waals surface area contributed by atoms with Gasteiger partial charge < -0.3 is 24.4 Å². The minimum Gasteiger partial charge on any atom is -0.497 e. The number of benzene rings is 5. The number of hydrogen-bond acceptors (Lipinski definition) is 7. The van der Waals surface area contributed by atoms with E-state index in [0.29, 0.717) is 40.5 Å². The van der Waals surface area contributed by atoms with E-state index in [1.165, 1.54) is 0 Å². The summed E-state index contributed by atoms with van der Waals surface area (Å²) in [7, 11) is -0.971. The molecule has 0 bridgehead atoms. The number of hydrogen-bond donors (Lipinski definition) is 1. The highest BCUT2D eigenvalue weighted by Crippen LogP contribution is 2.61. The Bertz CT molecular complexity index is 2400. The molecule has 11 nitrogen and oxygen atoms in total. The predicted molar refractivity (Wildman–Crippen MR) is 239 cm³/mol. The zero-order chi connectivity index (χ0) is 42.9. The standard InChI is InChI=1S/C49H52N4O7Si/c1-34-47(61(3,4)42-23-21-41(59-2)22-24-42)45(29-46(57)50-26-12-19-40(50)31-54)60-49(34)43-28-39(53(33-56)37-16-9-6-10-17-37)20-25-44(43)51(48(49)58)30-35-13-11-18-38(27-35)52(32-55)36-14-7-5-8-15-36/h5-11,13-18,20-25,27-28,32-34,40,45,47,54H,12,19,26,29-31H2,1-4H3/t34-,40-,45+,47-,49+/m0/s1. The quantitative estimate of drug-likeness (QED) is 0.0914. The van der Waals surface area contributed by atoms with Crippen LogP contribution in [0.4, 0.5) is 28.4 Å². The first-order valence-corrected chi connectivity index (χ1v) is 24.0. The van der Waals surface area contributed by atoms with Crippen LogP contribution in [0, 0.1) is 5.92 Å². The van der Waals surface area contributed by atoms with E-state index in [-0.39, 0.29) is 43.0 Å². The molecule has 0 radical (unpaired) electrons. The van der Waals surface area contributed by atoms with Gasteiger partial charge in [-0.05, 0) is 90.7 Å². The lowest BCUT2D eigenvalue weighted by Crippen LogP contribution is -2.52. The monoisotopic (exact) mass is 836 g/mol. The fraction of sp³-hybridized carbons (Fsp3) is 0.306. The summed E-state index contributed by atoms with van der Waals surface area (Å²) in [5.41, 5.74) is 2.95. The molecule has 2 saturated heterocycles. The number of anilines is 5. The molecule has 2 fully saturated rings. The van der Waals surface area contributed by atoms with Crippen LogP contribution in [0.5, 0.6) is 5.75 Å². The van der Waals surface area contributed by atoms with Crippen molar-refractivity contribution in [3.63, 3.8) is 0 Å². The molecule has 3 aliphatic heterocycles. The molecule has 12 heteroatoms. The zero-order valence-electron chi connectivity index (χ0n) is 35.0. The molecule has 5 atom stereocenters. The number of likely N-dealkylation sites (tertiary alicyclic amines) is 1. The molecule has 5 aromatic rings. The van der Waals surface area contributed by atoms with Gasteiger partial charge in [-0.2, -0.15) is 0 Å². The van der Waals surface area contributed by atoms with E-state index in [1.54, 1.807) is 26.7 Å². The molecule has 5 aromatic carbocycles. The first-order valence-electron chi connectivity index (χ1n) is 20.9. The van der Waals surface area contributed by atoms with Crippen LogP contribution in [0.25, 0.3) is 0 Å². The van der Waals surface area contributed by atoms with Crippen molar-refractivity contribution in [2.24, 2.45) is 5.92 Å². The van der Waals surface area contributed by atoms with E-state index in [2.05, 4.69) is 32.2 Å². The molecule has 314 valence electrons. The average Bonchev–Trinajstić information content (AvgIpc) is 3.95. The smallest absolute Gasteiger partial charge is 0.264 e. The maximum absolute atomic E-state index is 15.7. The molecule has 1 N–H and O–H groups in total. The van der Waals surface area contributed by atoms with Crippen LogP contribution in [0.1, 0.15) is 37.3 Å². The first-order chi connectivity index (χ1) is 29.5. The maximum atomic E-state index is 15.7. The van der Waals surface area contributed by atoms with E-state index in [0.717, 1.165) is 42.2 Å². The zero-order valence-corrected chi connectivity index (χ0v) is 36.0. The van der Waals surface area contributed by atoms with E-state index < -0.39 is 25.7 Å². The number of carbonyl (C=O) groups excluding carboxylic acids is 4. The van der Waals surface area contributed by atoms with Gasteiger partial charge in [0.1, 0.15) is 5.75 Å². The van der Waals surface area contributed by atoms with Crippen LogP contribution < -0.4 is 24.6 Å². The third kappa shape index (κ3) is 7.42. The third-order valence-electron chi connectivity index (χ3n) is 13.2. The van der Waals surface area contributed by atoms with Crippen molar-refractivity contribution in [3.05, 3.63) is 139 Å². The van der Waals surface area contributed by atoms with Crippen LogP contribution >= 0.6 is 0 Å². The Hall–Kier alpha value is -6.08. The molecular weight excluding hydrogens is 785 g/mol. The van der Waals surface area contributed by atoms with Crippen molar-refractivity contribution in [3.8, 4) is 5.75 Å². The molecule has 8 rings (SSSR count). The number of para-hydroxylation sites is 2. The molecule has 3 heterocycles. The van der Waals surface area contributed by atoms with Gasteiger partial charge in [0.15, 0.2) is 5.60 Å². The van der Waals surface area contributed by atoms with E-state index in [1.807, 2.05) is 115 Å². The predicted octanol–water partition coefficient (Wildman–Crippen LogP) is 7.42. The summed E-state index contributed by atoms with van der Waals surface area (Å²) >= 11 is 0. The lowest BCUT2D eigenvalue weighted by molar-refractivity contribution is -0.150. The highest BCUT2D eigenvalue weighted by molar-refractivity contribution is 6.91. The van der Waals surface area contributed by atoms with E-state index in [4.69, 9.17) is 9.47 Å². The van der Waals surface area contributed by atoms with Gasteiger partial charge in [0.2, 0.25) is 18.7 Å². The van der Waals surface area contributed by atoms with Gasteiger partial charge in [0.05, 0.1) is 52.6 Å². The minimum atomic E-state index is -2.61. The number of amides is 4. The molecule has 3 aliphatic rings. The number of rotatable bonds is 14. The summed E-state index contributed by atoms with van der Waals surface area (Å²) in [5.74, 6) is -0.0251. The van der Waals surface area contributed by atoms with Crippen molar-refractivity contribution in [1.82, 2.24) is 4.90 Å². The molecule has 0 saturated carbocycles. The van der Waals surface area contributed by atoms with Crippen molar-refractivity contribution >= 4 is 66.3 Å². The van der Waals surface area contributed by atoms with E-state index in [9.17, 15) is 19.5 Å². The first kappa shape index (κ1) is 41.6. The van der Waals surface area contributed by atoms with Crippen molar-refractivity contribution in [1.29, 1.82) is 0 Å². The van der Waals surface area contributed by atoms with Crippen LogP contribution in [0.15, 0.2) is 127 Å². The van der Waals surface area contributed by atoms with Gasteiger partial charge >= 0.3 is 0 Å². The summed E-state index contributed by atoms with van der Waals surface area (Å²) in [6, 6.07) is 39.7. The van der Waals surface area contributed by atoms with Gasteiger partial charge in [0, 0.05) is 40.8 Å². The molecule has 0 aromatic heterocycles. The lowest BCUT2D eigenvalue weighted by atomic mass is 9.82. The number of fused-ring (bicyclic) bond motifs is 2. The fourth-order valence-corrected chi connectivity index (χ4v) is 14.2. The largest absolute Gasteiger partial charge is 0.497 e. The SMILES string of the molecule is COc1ccc([Si](C)(C)[C@@H]2[C@@H](CC(=O)N3CCC[C@H]3CO)O[C@]3(C(=O)N(Cc4cccc(N(C=O)c5ccccc5)c4)c4ccc(N(C=O)c5ccccc5)cc43)[C@H]2C)cc1. The highest BCUT2D eigenvalue weighted by Gasteiger charge is 2.66. The number of methoxy groups -OCH3 is 1. The van der Waals surface area contributed by atoms with Gasteiger partial charge in [-0.1, -0.05) is 85.9 Å². The van der Waals surface area contributed by atoms with Crippen molar-refractivity contribution < 1.29 is 33.8 Å².